The van der Waals surface area contributed by atoms with Crippen LogP contribution in [0, 0.1) is 5.75 Å². The van der Waals surface area contributed by atoms with E-state index in [2.05, 4.69) is 5.75 Å². The Balaban J connectivity index is 2.00. The molecule has 0 atom stereocenters. The van der Waals surface area contributed by atoms with Gasteiger partial charge >= 0.3 is 0 Å². The van der Waals surface area contributed by atoms with Crippen molar-refractivity contribution in [2.75, 3.05) is 5.75 Å². The van der Waals surface area contributed by atoms with Gasteiger partial charge in [-0.1, -0.05) is 21.6 Å². The number of hydrogen-bond donors (Lipinski definition) is 0. The third kappa shape index (κ3) is 1.67. The molecular weight excluding hydrogens is 132 g/mol. The lowest BCUT2D eigenvalue weighted by molar-refractivity contribution is 1.23. The van der Waals surface area contributed by atoms with Gasteiger partial charge in [0, 0.05) is 11.5 Å². The fourth-order valence-electron chi connectivity index (χ4n) is 0.234. The highest BCUT2D eigenvalue weighted by atomic mass is 33.5. The molecule has 1 aliphatic heterocycles. The molecule has 1 heterocycles. The van der Waals surface area contributed by atoms with Crippen LogP contribution in [0.1, 0.15) is 6.42 Å². The van der Waals surface area contributed by atoms with Crippen LogP contribution in [-0.4, -0.2) is 5.75 Å². The van der Waals surface area contributed by atoms with Gasteiger partial charge < -0.3 is 0 Å². The first kappa shape index (κ1) is 5.19. The Morgan fingerprint density at radius 2 is 2.50 bits per heavy atom. The molecule has 3 heteroatoms. The maximum Gasteiger partial charge on any atom is 0.0295 e. The van der Waals surface area contributed by atoms with Gasteiger partial charge in [-0.15, -0.1) is 0 Å². The molecule has 35 valence electrons. The van der Waals surface area contributed by atoms with Gasteiger partial charge in [-0.2, -0.15) is 0 Å². The van der Waals surface area contributed by atoms with Crippen molar-refractivity contribution in [3.8, 4) is 0 Å². The summed E-state index contributed by atoms with van der Waals surface area (Å²) in [5.74, 6) is 3.55. The molecule has 0 aliphatic carbocycles. The van der Waals surface area contributed by atoms with E-state index in [4.69, 9.17) is 0 Å². The van der Waals surface area contributed by atoms with Crippen molar-refractivity contribution in [1.29, 1.82) is 0 Å². The van der Waals surface area contributed by atoms with E-state index in [1.54, 1.807) is 0 Å². The van der Waals surface area contributed by atoms with E-state index in [1.807, 2.05) is 31.4 Å². The summed E-state index contributed by atoms with van der Waals surface area (Å²) in [4.78, 5) is 0. The molecule has 0 unspecified atom stereocenters. The second-order valence-electron chi connectivity index (χ2n) is 0.942. The average Bonchev–Trinajstić information content (AvgIpc) is 1.72. The molecule has 0 bridgehead atoms. The highest BCUT2D eigenvalue weighted by molar-refractivity contribution is 9.10. The zero-order valence-corrected chi connectivity index (χ0v) is 5.67. The van der Waals surface area contributed by atoms with Crippen LogP contribution in [0.15, 0.2) is 0 Å². The maximum absolute atomic E-state index is 2.25. The zero-order chi connectivity index (χ0) is 4.24. The lowest BCUT2D eigenvalue weighted by atomic mass is 10.6. The summed E-state index contributed by atoms with van der Waals surface area (Å²) in [6.07, 6.45) is 1.28. The summed E-state index contributed by atoms with van der Waals surface area (Å²) < 4.78 is 0. The van der Waals surface area contributed by atoms with E-state index in [0.717, 1.165) is 0 Å². The smallest absolute Gasteiger partial charge is 0.0295 e. The summed E-state index contributed by atoms with van der Waals surface area (Å²) >= 11 is 0. The second-order valence-corrected chi connectivity index (χ2v) is 5.16. The van der Waals surface area contributed by atoms with Crippen molar-refractivity contribution in [3.05, 3.63) is 5.75 Å². The molecule has 0 amide bonds. The Kier molecular flexibility index (Phi) is 2.69. The minimum Gasteiger partial charge on any atom is -0.0825 e. The normalized spacial score (nSPS) is 24.0. The maximum atomic E-state index is 2.25. The lowest BCUT2D eigenvalue weighted by Gasteiger charge is -2.03. The van der Waals surface area contributed by atoms with Crippen LogP contribution in [-0.2, 0) is 0 Å². The van der Waals surface area contributed by atoms with Crippen LogP contribution in [0.5, 0.6) is 0 Å². The molecule has 1 saturated heterocycles. The minimum absolute atomic E-state index is 1.28. The van der Waals surface area contributed by atoms with Crippen LogP contribution in [0.2, 0.25) is 0 Å². The first-order valence-electron chi connectivity index (χ1n) is 1.77. The fraction of sp³-hybridized carbons (Fsp3) is 0.667. The Morgan fingerprint density at radius 1 is 1.50 bits per heavy atom. The SMILES string of the molecule is [CH]1CCSSS1. The summed E-state index contributed by atoms with van der Waals surface area (Å²) in [6.45, 7) is 0. The van der Waals surface area contributed by atoms with Crippen molar-refractivity contribution in [1.82, 2.24) is 0 Å². The summed E-state index contributed by atoms with van der Waals surface area (Å²) in [7, 11) is 5.67. The van der Waals surface area contributed by atoms with Crippen LogP contribution >= 0.6 is 31.4 Å². The molecule has 0 spiro atoms. The van der Waals surface area contributed by atoms with E-state index in [1.165, 1.54) is 12.2 Å². The molecule has 0 aromatic carbocycles. The van der Waals surface area contributed by atoms with Gasteiger partial charge in [0.05, 0.1) is 0 Å². The summed E-state index contributed by atoms with van der Waals surface area (Å²) in [5, 5.41) is 0. The third-order valence-corrected chi connectivity index (χ3v) is 4.43. The molecule has 0 saturated carbocycles. The van der Waals surface area contributed by atoms with Crippen LogP contribution in [0.3, 0.4) is 0 Å². The van der Waals surface area contributed by atoms with Gasteiger partial charge in [0.25, 0.3) is 0 Å². The quantitative estimate of drug-likeness (QED) is 0.471. The molecule has 0 aromatic heterocycles. The molecule has 1 radical (unpaired) electrons. The standard InChI is InChI=1S/C3H5S3/c1-2-4-6-5-3-1/h2H,1,3H2. The first-order chi connectivity index (χ1) is 3.00. The Hall–Kier alpha value is 1.05. The van der Waals surface area contributed by atoms with E-state index < -0.39 is 0 Å². The largest absolute Gasteiger partial charge is 0.0825 e. The second kappa shape index (κ2) is 3.10. The molecule has 0 aromatic rings. The van der Waals surface area contributed by atoms with E-state index in [-0.39, 0.29) is 0 Å². The minimum atomic E-state index is 1.28. The lowest BCUT2D eigenvalue weighted by Crippen LogP contribution is -1.76. The molecule has 0 nitrogen and oxygen atoms in total. The van der Waals surface area contributed by atoms with Crippen molar-refractivity contribution in [2.45, 2.75) is 6.42 Å². The Labute approximate surface area is 49.6 Å². The van der Waals surface area contributed by atoms with E-state index in [0.29, 0.717) is 0 Å². The van der Waals surface area contributed by atoms with Crippen molar-refractivity contribution in [2.24, 2.45) is 0 Å². The zero-order valence-electron chi connectivity index (χ0n) is 3.22. The van der Waals surface area contributed by atoms with Gasteiger partial charge in [-0.3, -0.25) is 0 Å². The van der Waals surface area contributed by atoms with Crippen molar-refractivity contribution >= 4 is 31.4 Å². The Bertz CT molecular complexity index is 21.5. The molecule has 6 heavy (non-hydrogen) atoms. The topological polar surface area (TPSA) is 0 Å². The van der Waals surface area contributed by atoms with Gasteiger partial charge in [0.1, 0.15) is 0 Å². The van der Waals surface area contributed by atoms with Gasteiger partial charge in [0.2, 0.25) is 0 Å². The fourth-order valence-corrected chi connectivity index (χ4v) is 3.72. The average molecular weight is 137 g/mol. The molecular formula is C3H5S3. The predicted octanol–water partition coefficient (Wildman–Crippen LogP) is 2.58. The summed E-state index contributed by atoms with van der Waals surface area (Å²) in [6, 6.07) is 0. The molecule has 1 rings (SSSR count). The van der Waals surface area contributed by atoms with E-state index in [9.17, 15) is 0 Å². The number of rotatable bonds is 0. The Morgan fingerprint density at radius 3 is 2.67 bits per heavy atom. The van der Waals surface area contributed by atoms with Gasteiger partial charge in [-0.05, 0) is 16.2 Å². The monoisotopic (exact) mass is 137 g/mol. The predicted molar refractivity (Wildman–Crippen MR) is 36.6 cm³/mol. The van der Waals surface area contributed by atoms with Crippen molar-refractivity contribution in [3.63, 3.8) is 0 Å². The molecule has 1 fully saturated rings. The van der Waals surface area contributed by atoms with Gasteiger partial charge in [0.15, 0.2) is 0 Å². The molecule has 1 aliphatic rings. The van der Waals surface area contributed by atoms with Gasteiger partial charge in [-0.25, -0.2) is 0 Å². The van der Waals surface area contributed by atoms with Crippen LogP contribution in [0.4, 0.5) is 0 Å². The molecule has 0 N–H and O–H groups in total. The third-order valence-electron chi connectivity index (χ3n) is 0.474. The van der Waals surface area contributed by atoms with Crippen LogP contribution < -0.4 is 0 Å². The summed E-state index contributed by atoms with van der Waals surface area (Å²) in [5.41, 5.74) is 0. The highest BCUT2D eigenvalue weighted by Crippen LogP contribution is 2.42. The van der Waals surface area contributed by atoms with E-state index >= 15 is 0 Å². The highest BCUT2D eigenvalue weighted by Gasteiger charge is 1.97. The van der Waals surface area contributed by atoms with Crippen LogP contribution in [0.25, 0.3) is 0 Å². The number of hydrogen-bond acceptors (Lipinski definition) is 3. The van der Waals surface area contributed by atoms with Crippen molar-refractivity contribution < 1.29 is 0 Å². The first-order valence-corrected chi connectivity index (χ1v) is 5.48.